The van der Waals surface area contributed by atoms with Crippen LogP contribution in [0, 0.1) is 13.8 Å². The summed E-state index contributed by atoms with van der Waals surface area (Å²) in [6.07, 6.45) is 9.54. The molecule has 1 N–H and O–H groups in total. The summed E-state index contributed by atoms with van der Waals surface area (Å²) in [5.74, 6) is 1.45. The molecule has 36 heavy (non-hydrogen) atoms. The Morgan fingerprint density at radius 3 is 2.47 bits per heavy atom. The van der Waals surface area contributed by atoms with Gasteiger partial charge in [-0.2, -0.15) is 9.97 Å². The number of fused-ring (bicyclic) bond motifs is 1. The Balaban J connectivity index is 1.77. The molecule has 2 heterocycles. The van der Waals surface area contributed by atoms with Gasteiger partial charge in [0.05, 0.1) is 10.7 Å². The number of nitrogens with zero attached hydrogens (tertiary/aromatic N) is 3. The second-order valence-electron chi connectivity index (χ2n) is 8.09. The average molecular weight is 499 g/mol. The fraction of sp³-hybridized carbons (Fsp3) is 0.138. The zero-order valence-electron chi connectivity index (χ0n) is 20.5. The Hall–Kier alpha value is -4.16. The SMILES string of the molecule is C=C/C=C\c1cc(Oc2nc(Oc3ccc(C)c(/N=C\C=C)c3)c3c(Cl)c(CC)[nH]c3n2)ccc1C. The number of nitrogens with one attached hydrogen (secondary N) is 1. The zero-order valence-corrected chi connectivity index (χ0v) is 21.3. The topological polar surface area (TPSA) is 72.4 Å². The minimum atomic E-state index is 0.137. The van der Waals surface area contributed by atoms with E-state index in [1.807, 2.05) is 69.3 Å². The van der Waals surface area contributed by atoms with Crippen molar-refractivity contribution in [3.63, 3.8) is 0 Å². The van der Waals surface area contributed by atoms with E-state index in [1.54, 1.807) is 18.4 Å². The summed E-state index contributed by atoms with van der Waals surface area (Å²) in [7, 11) is 0. The average Bonchev–Trinajstić information content (AvgIpc) is 3.20. The fourth-order valence-electron chi connectivity index (χ4n) is 3.60. The molecule has 0 saturated heterocycles. The molecule has 4 aromatic rings. The first kappa shape index (κ1) is 24.9. The number of benzene rings is 2. The van der Waals surface area contributed by atoms with Crippen LogP contribution in [-0.2, 0) is 6.42 Å². The molecule has 7 heteroatoms. The van der Waals surface area contributed by atoms with Crippen LogP contribution < -0.4 is 9.47 Å². The highest BCUT2D eigenvalue weighted by Crippen LogP contribution is 2.38. The van der Waals surface area contributed by atoms with Crippen molar-refractivity contribution in [1.82, 2.24) is 15.0 Å². The summed E-state index contributed by atoms with van der Waals surface area (Å²) in [4.78, 5) is 16.8. The number of aromatic amines is 1. The van der Waals surface area contributed by atoms with E-state index in [0.29, 0.717) is 34.0 Å². The number of hydrogen-bond donors (Lipinski definition) is 1. The Morgan fingerprint density at radius 1 is 1.00 bits per heavy atom. The molecule has 2 aromatic carbocycles. The molecular formula is C29H27ClN4O2. The number of halogens is 1. The lowest BCUT2D eigenvalue weighted by Gasteiger charge is -2.11. The van der Waals surface area contributed by atoms with Crippen LogP contribution >= 0.6 is 11.6 Å². The summed E-state index contributed by atoms with van der Waals surface area (Å²) in [6.45, 7) is 13.4. The number of rotatable bonds is 9. The molecule has 0 unspecified atom stereocenters. The van der Waals surface area contributed by atoms with Crippen molar-refractivity contribution in [2.24, 2.45) is 4.99 Å². The van der Waals surface area contributed by atoms with Crippen molar-refractivity contribution in [1.29, 1.82) is 0 Å². The Morgan fingerprint density at radius 2 is 1.75 bits per heavy atom. The molecule has 2 aromatic heterocycles. The molecule has 0 aliphatic rings. The van der Waals surface area contributed by atoms with Crippen molar-refractivity contribution >= 4 is 40.6 Å². The van der Waals surface area contributed by atoms with Gasteiger partial charge in [-0.1, -0.05) is 68.1 Å². The van der Waals surface area contributed by atoms with E-state index >= 15 is 0 Å². The van der Waals surface area contributed by atoms with Gasteiger partial charge in [0.2, 0.25) is 5.88 Å². The van der Waals surface area contributed by atoms with E-state index in [1.165, 1.54) is 0 Å². The molecule has 0 spiro atoms. The van der Waals surface area contributed by atoms with E-state index in [-0.39, 0.29) is 11.9 Å². The number of allylic oxidation sites excluding steroid dienone is 3. The second-order valence-corrected chi connectivity index (χ2v) is 8.46. The zero-order chi connectivity index (χ0) is 25.7. The third-order valence-corrected chi connectivity index (χ3v) is 5.97. The highest BCUT2D eigenvalue weighted by molar-refractivity contribution is 6.36. The Labute approximate surface area is 215 Å². The van der Waals surface area contributed by atoms with Crippen LogP contribution in [0.3, 0.4) is 0 Å². The summed E-state index contributed by atoms with van der Waals surface area (Å²) in [5, 5.41) is 1.12. The third kappa shape index (κ3) is 5.39. The van der Waals surface area contributed by atoms with Gasteiger partial charge in [-0.15, -0.1) is 0 Å². The maximum atomic E-state index is 6.67. The minimum absolute atomic E-state index is 0.137. The van der Waals surface area contributed by atoms with Gasteiger partial charge in [0.25, 0.3) is 0 Å². The summed E-state index contributed by atoms with van der Waals surface area (Å²) in [6, 6.07) is 11.5. The van der Waals surface area contributed by atoms with Gasteiger partial charge >= 0.3 is 6.01 Å². The normalized spacial score (nSPS) is 11.4. The number of aromatic nitrogens is 3. The Kier molecular flexibility index (Phi) is 7.66. The van der Waals surface area contributed by atoms with Gasteiger partial charge in [0, 0.05) is 18.0 Å². The maximum absolute atomic E-state index is 6.67. The predicted octanol–water partition coefficient (Wildman–Crippen LogP) is 8.46. The molecular weight excluding hydrogens is 472 g/mol. The molecule has 0 aliphatic heterocycles. The lowest BCUT2D eigenvalue weighted by atomic mass is 10.1. The molecule has 4 rings (SSSR count). The smallest absolute Gasteiger partial charge is 0.327 e. The number of hydrogen-bond acceptors (Lipinski definition) is 5. The lowest BCUT2D eigenvalue weighted by molar-refractivity contribution is 0.417. The highest BCUT2D eigenvalue weighted by Gasteiger charge is 2.20. The number of aliphatic imine (C=N–C) groups is 1. The molecule has 0 atom stereocenters. The van der Waals surface area contributed by atoms with E-state index in [9.17, 15) is 0 Å². The van der Waals surface area contributed by atoms with Crippen molar-refractivity contribution in [3.05, 3.63) is 95.2 Å². The summed E-state index contributed by atoms with van der Waals surface area (Å²) in [5.41, 5.74) is 5.27. The molecule has 0 amide bonds. The van der Waals surface area contributed by atoms with Gasteiger partial charge in [0.15, 0.2) is 0 Å². The van der Waals surface area contributed by atoms with Gasteiger partial charge in [0.1, 0.15) is 22.5 Å². The minimum Gasteiger partial charge on any atom is -0.438 e. The van der Waals surface area contributed by atoms with E-state index in [4.69, 9.17) is 21.1 Å². The van der Waals surface area contributed by atoms with Crippen LogP contribution in [0.1, 0.15) is 29.3 Å². The maximum Gasteiger partial charge on any atom is 0.327 e. The van der Waals surface area contributed by atoms with Crippen molar-refractivity contribution in [2.45, 2.75) is 27.2 Å². The Bertz CT molecular complexity index is 1500. The number of aryl methyl sites for hydroxylation is 3. The van der Waals surface area contributed by atoms with Crippen LogP contribution in [0.2, 0.25) is 5.02 Å². The molecule has 182 valence electrons. The van der Waals surface area contributed by atoms with Crippen LogP contribution in [0.15, 0.2) is 72.8 Å². The molecule has 0 saturated carbocycles. The van der Waals surface area contributed by atoms with Gasteiger partial charge < -0.3 is 14.5 Å². The molecule has 0 aliphatic carbocycles. The van der Waals surface area contributed by atoms with Crippen molar-refractivity contribution in [2.75, 3.05) is 0 Å². The van der Waals surface area contributed by atoms with E-state index in [0.717, 1.165) is 28.1 Å². The monoisotopic (exact) mass is 498 g/mol. The van der Waals surface area contributed by atoms with Crippen LogP contribution in [-0.4, -0.2) is 21.2 Å². The lowest BCUT2D eigenvalue weighted by Crippen LogP contribution is -1.97. The molecule has 0 radical (unpaired) electrons. The number of H-pyrrole nitrogens is 1. The quantitative estimate of drug-likeness (QED) is 0.185. The van der Waals surface area contributed by atoms with Crippen LogP contribution in [0.4, 0.5) is 5.69 Å². The van der Waals surface area contributed by atoms with E-state index < -0.39 is 0 Å². The first-order valence-electron chi connectivity index (χ1n) is 11.5. The van der Waals surface area contributed by atoms with Gasteiger partial charge in [-0.3, -0.25) is 4.99 Å². The predicted molar refractivity (Wildman–Crippen MR) is 148 cm³/mol. The summed E-state index contributed by atoms with van der Waals surface area (Å²) < 4.78 is 12.3. The standard InChI is InChI=1S/C29H27ClN4O2/c1-6-9-10-20-16-21(13-11-18(20)4)36-29-33-27-25(26(30)23(8-3)32-27)28(34-29)35-22-14-12-19(5)24(17-22)31-15-7-2/h6-7,9-17H,1-2,8H2,3-5H3,(H,32,33,34)/b10-9-,31-15-. The highest BCUT2D eigenvalue weighted by atomic mass is 35.5. The first-order chi connectivity index (χ1) is 17.4. The fourth-order valence-corrected chi connectivity index (χ4v) is 3.95. The van der Waals surface area contributed by atoms with E-state index in [2.05, 4.69) is 33.1 Å². The molecule has 0 fully saturated rings. The summed E-state index contributed by atoms with van der Waals surface area (Å²) >= 11 is 6.67. The number of ether oxygens (including phenoxy) is 2. The molecule has 6 nitrogen and oxygen atoms in total. The second kappa shape index (κ2) is 11.1. The van der Waals surface area contributed by atoms with Gasteiger partial charge in [-0.05, 0) is 55.2 Å². The largest absolute Gasteiger partial charge is 0.438 e. The van der Waals surface area contributed by atoms with Crippen LogP contribution in [0.25, 0.3) is 17.1 Å². The van der Waals surface area contributed by atoms with Gasteiger partial charge in [-0.25, -0.2) is 0 Å². The van der Waals surface area contributed by atoms with Crippen molar-refractivity contribution in [3.8, 4) is 23.4 Å². The molecule has 0 bridgehead atoms. The first-order valence-corrected chi connectivity index (χ1v) is 11.9. The van der Waals surface area contributed by atoms with Crippen molar-refractivity contribution < 1.29 is 9.47 Å². The van der Waals surface area contributed by atoms with Crippen LogP contribution in [0.5, 0.6) is 23.4 Å². The third-order valence-electron chi connectivity index (χ3n) is 5.55.